The maximum absolute atomic E-state index is 12.0. The molecule has 1 aliphatic carbocycles. The molecule has 0 spiro atoms. The molecule has 1 fully saturated rings. The van der Waals surface area contributed by atoms with Crippen LogP contribution in [0, 0.1) is 5.41 Å². The van der Waals surface area contributed by atoms with Gasteiger partial charge in [0.05, 0.1) is 5.41 Å². The van der Waals surface area contributed by atoms with E-state index in [0.29, 0.717) is 23.6 Å². The fourth-order valence-corrected chi connectivity index (χ4v) is 2.69. The first-order valence-electron chi connectivity index (χ1n) is 6.31. The minimum atomic E-state index is -0.878. The van der Waals surface area contributed by atoms with E-state index in [4.69, 9.17) is 11.6 Å². The Hall–Kier alpha value is -1.55. The summed E-state index contributed by atoms with van der Waals surface area (Å²) in [5, 5.41) is 12.6. The van der Waals surface area contributed by atoms with Crippen LogP contribution in [0.2, 0.25) is 5.02 Å². The van der Waals surface area contributed by atoms with Gasteiger partial charge in [0, 0.05) is 17.1 Å². The van der Waals surface area contributed by atoms with E-state index in [0.717, 1.165) is 12.8 Å². The summed E-state index contributed by atoms with van der Waals surface area (Å²) in [4.78, 5) is 23.3. The third-order valence-electron chi connectivity index (χ3n) is 3.64. The minimum Gasteiger partial charge on any atom is -0.481 e. The molecule has 1 aromatic rings. The van der Waals surface area contributed by atoms with Crippen molar-refractivity contribution in [2.45, 2.75) is 32.1 Å². The highest BCUT2D eigenvalue weighted by Gasteiger charge is 2.42. The molecule has 0 saturated heterocycles. The van der Waals surface area contributed by atoms with Gasteiger partial charge in [-0.3, -0.25) is 9.59 Å². The molecule has 4 nitrogen and oxygen atoms in total. The lowest BCUT2D eigenvalue weighted by Crippen LogP contribution is -2.32. The lowest BCUT2D eigenvalue weighted by Gasteiger charge is -2.22. The molecule has 0 heterocycles. The van der Waals surface area contributed by atoms with Gasteiger partial charge < -0.3 is 10.4 Å². The zero-order valence-corrected chi connectivity index (χ0v) is 11.2. The number of benzene rings is 1. The number of rotatable bonds is 4. The average Bonchev–Trinajstić information content (AvgIpc) is 2.82. The molecule has 5 heteroatoms. The summed E-state index contributed by atoms with van der Waals surface area (Å²) in [5.41, 5.74) is -0.246. The topological polar surface area (TPSA) is 66.4 Å². The number of carbonyl (C=O) groups is 2. The van der Waals surface area contributed by atoms with Crippen LogP contribution in [-0.4, -0.2) is 17.0 Å². The van der Waals surface area contributed by atoms with Gasteiger partial charge >= 0.3 is 5.97 Å². The van der Waals surface area contributed by atoms with Gasteiger partial charge in [-0.25, -0.2) is 0 Å². The van der Waals surface area contributed by atoms with Crippen LogP contribution in [-0.2, 0) is 9.59 Å². The molecule has 1 saturated carbocycles. The van der Waals surface area contributed by atoms with E-state index < -0.39 is 11.4 Å². The van der Waals surface area contributed by atoms with Gasteiger partial charge in [-0.05, 0) is 37.1 Å². The Morgan fingerprint density at radius 3 is 2.32 bits per heavy atom. The van der Waals surface area contributed by atoms with Gasteiger partial charge in [0.2, 0.25) is 5.91 Å². The first-order valence-corrected chi connectivity index (χ1v) is 6.68. The molecule has 1 amide bonds. The number of carboxylic acid groups (broad SMARTS) is 1. The molecule has 0 aromatic heterocycles. The van der Waals surface area contributed by atoms with Gasteiger partial charge in [-0.1, -0.05) is 24.4 Å². The second-order valence-corrected chi connectivity index (χ2v) is 5.46. The van der Waals surface area contributed by atoms with Crippen LogP contribution in [0.4, 0.5) is 5.69 Å². The van der Waals surface area contributed by atoms with Crippen molar-refractivity contribution < 1.29 is 14.7 Å². The molecule has 0 atom stereocenters. The molecule has 19 heavy (non-hydrogen) atoms. The molecule has 1 aromatic carbocycles. The molecule has 2 N–H and O–H groups in total. The second kappa shape index (κ2) is 5.61. The Kier molecular flexibility index (Phi) is 4.10. The third kappa shape index (κ3) is 3.26. The number of nitrogens with one attached hydrogen (secondary N) is 1. The van der Waals surface area contributed by atoms with Crippen molar-refractivity contribution >= 4 is 29.2 Å². The molecule has 102 valence electrons. The lowest BCUT2D eigenvalue weighted by atomic mass is 9.82. The summed E-state index contributed by atoms with van der Waals surface area (Å²) < 4.78 is 0. The van der Waals surface area contributed by atoms with Crippen LogP contribution in [0.25, 0.3) is 0 Å². The molecule has 0 radical (unpaired) electrons. The van der Waals surface area contributed by atoms with E-state index in [1.807, 2.05) is 0 Å². The van der Waals surface area contributed by atoms with Crippen molar-refractivity contribution in [2.75, 3.05) is 5.32 Å². The molecule has 1 aliphatic rings. The largest absolute Gasteiger partial charge is 0.481 e. The molecule has 0 unspecified atom stereocenters. The smallest absolute Gasteiger partial charge is 0.310 e. The highest BCUT2D eigenvalue weighted by atomic mass is 35.5. The first-order chi connectivity index (χ1) is 9.02. The number of hydrogen-bond acceptors (Lipinski definition) is 2. The van der Waals surface area contributed by atoms with Crippen molar-refractivity contribution in [1.82, 2.24) is 0 Å². The summed E-state index contributed by atoms with van der Waals surface area (Å²) in [6.07, 6.45) is 2.94. The SMILES string of the molecule is O=C(CC1(C(=O)O)CCCC1)Nc1ccc(Cl)cc1. The maximum atomic E-state index is 12.0. The van der Waals surface area contributed by atoms with Crippen molar-refractivity contribution in [3.8, 4) is 0 Å². The lowest BCUT2D eigenvalue weighted by molar-refractivity contribution is -0.150. The Balaban J connectivity index is 2.00. The van der Waals surface area contributed by atoms with Gasteiger partial charge in [0.1, 0.15) is 0 Å². The summed E-state index contributed by atoms with van der Waals surface area (Å²) in [6.45, 7) is 0. The molecular weight excluding hydrogens is 266 g/mol. The van der Waals surface area contributed by atoms with Gasteiger partial charge in [-0.2, -0.15) is 0 Å². The van der Waals surface area contributed by atoms with Crippen molar-refractivity contribution in [3.63, 3.8) is 0 Å². The Morgan fingerprint density at radius 1 is 1.21 bits per heavy atom. The maximum Gasteiger partial charge on any atom is 0.310 e. The zero-order valence-electron chi connectivity index (χ0n) is 10.5. The average molecular weight is 282 g/mol. The molecular formula is C14H16ClNO3. The number of amides is 1. The fourth-order valence-electron chi connectivity index (χ4n) is 2.56. The van der Waals surface area contributed by atoms with E-state index in [9.17, 15) is 14.7 Å². The molecule has 2 rings (SSSR count). The van der Waals surface area contributed by atoms with Crippen LogP contribution in [0.15, 0.2) is 24.3 Å². The van der Waals surface area contributed by atoms with Crippen LogP contribution >= 0.6 is 11.6 Å². The normalized spacial score (nSPS) is 17.1. The summed E-state index contributed by atoms with van der Waals surface area (Å²) >= 11 is 5.76. The highest BCUT2D eigenvalue weighted by Crippen LogP contribution is 2.41. The van der Waals surface area contributed by atoms with Crippen molar-refractivity contribution in [1.29, 1.82) is 0 Å². The van der Waals surface area contributed by atoms with Crippen molar-refractivity contribution in [2.24, 2.45) is 5.41 Å². The summed E-state index contributed by atoms with van der Waals surface area (Å²) in [6, 6.07) is 6.75. The number of aliphatic carboxylic acids is 1. The predicted octanol–water partition coefficient (Wildman–Crippen LogP) is 3.31. The van der Waals surface area contributed by atoms with Gasteiger partial charge in [0.15, 0.2) is 0 Å². The van der Waals surface area contributed by atoms with Crippen LogP contribution < -0.4 is 5.32 Å². The number of hydrogen-bond donors (Lipinski definition) is 2. The van der Waals surface area contributed by atoms with E-state index in [1.165, 1.54) is 0 Å². The standard InChI is InChI=1S/C14H16ClNO3/c15-10-3-5-11(6-4-10)16-12(17)9-14(13(18)19)7-1-2-8-14/h3-6H,1-2,7-9H2,(H,16,17)(H,18,19). The van der Waals surface area contributed by atoms with Crippen LogP contribution in [0.1, 0.15) is 32.1 Å². The van der Waals surface area contributed by atoms with E-state index in [-0.39, 0.29) is 12.3 Å². The Morgan fingerprint density at radius 2 is 1.79 bits per heavy atom. The number of carboxylic acids is 1. The second-order valence-electron chi connectivity index (χ2n) is 5.02. The van der Waals surface area contributed by atoms with Crippen LogP contribution in [0.3, 0.4) is 0 Å². The number of halogens is 1. The van der Waals surface area contributed by atoms with E-state index in [1.54, 1.807) is 24.3 Å². The highest BCUT2D eigenvalue weighted by molar-refractivity contribution is 6.30. The molecule has 0 bridgehead atoms. The minimum absolute atomic E-state index is 0.0327. The molecule has 0 aliphatic heterocycles. The van der Waals surface area contributed by atoms with Crippen LogP contribution in [0.5, 0.6) is 0 Å². The van der Waals surface area contributed by atoms with Gasteiger partial charge in [-0.15, -0.1) is 0 Å². The summed E-state index contributed by atoms with van der Waals surface area (Å²) in [5.74, 6) is -1.12. The fraction of sp³-hybridized carbons (Fsp3) is 0.429. The van der Waals surface area contributed by atoms with Crippen molar-refractivity contribution in [3.05, 3.63) is 29.3 Å². The number of carbonyl (C=O) groups excluding carboxylic acids is 1. The third-order valence-corrected chi connectivity index (χ3v) is 3.89. The van der Waals surface area contributed by atoms with E-state index >= 15 is 0 Å². The Labute approximate surface area is 116 Å². The van der Waals surface area contributed by atoms with E-state index in [2.05, 4.69) is 5.32 Å². The zero-order chi connectivity index (χ0) is 13.9. The van der Waals surface area contributed by atoms with Gasteiger partial charge in [0.25, 0.3) is 0 Å². The predicted molar refractivity (Wildman–Crippen MR) is 73.2 cm³/mol. The quantitative estimate of drug-likeness (QED) is 0.890. The first kappa shape index (κ1) is 13.9. The Bertz CT molecular complexity index is 478. The monoisotopic (exact) mass is 281 g/mol. The number of anilines is 1. The summed E-state index contributed by atoms with van der Waals surface area (Å²) in [7, 11) is 0.